The third-order valence-corrected chi connectivity index (χ3v) is 4.35. The second-order valence-electron chi connectivity index (χ2n) is 6.35. The molecule has 1 heterocycles. The smallest absolute Gasteiger partial charge is 0.328 e. The van der Waals surface area contributed by atoms with E-state index in [-0.39, 0.29) is 6.54 Å². The first-order chi connectivity index (χ1) is 14.1. The topological polar surface area (TPSA) is 95.5 Å². The van der Waals surface area contributed by atoms with Crippen molar-refractivity contribution in [3.63, 3.8) is 0 Å². The van der Waals surface area contributed by atoms with Gasteiger partial charge in [0.25, 0.3) is 0 Å². The number of nitrogens with zero attached hydrogens (tertiary/aromatic N) is 2. The molecule has 1 amide bonds. The fraction of sp³-hybridized carbons (Fsp3) is 0.136. The van der Waals surface area contributed by atoms with Crippen molar-refractivity contribution in [3.8, 4) is 17.0 Å². The molecule has 3 rings (SSSR count). The summed E-state index contributed by atoms with van der Waals surface area (Å²) in [6.45, 7) is 0.617. The van der Waals surface area contributed by atoms with Gasteiger partial charge in [-0.05, 0) is 29.8 Å². The number of hydrogen-bond acceptors (Lipinski definition) is 4. The first kappa shape index (κ1) is 19.9. The van der Waals surface area contributed by atoms with Crippen molar-refractivity contribution in [2.75, 3.05) is 7.11 Å². The summed E-state index contributed by atoms with van der Waals surface area (Å²) in [7, 11) is 1.61. The van der Waals surface area contributed by atoms with E-state index >= 15 is 0 Å². The molecule has 148 valence electrons. The fourth-order valence-corrected chi connectivity index (χ4v) is 2.91. The van der Waals surface area contributed by atoms with E-state index in [9.17, 15) is 9.59 Å². The standard InChI is InChI=1S/C22H21N3O4/c1-29-19-9-7-17(8-10-19)22-18(13-23-24-22)15-25(20(26)11-12-21(27)28)14-16-5-3-2-4-6-16/h2-13H,14-15H2,1H3,(H,23,24)(H,27,28). The van der Waals surface area contributed by atoms with Crippen LogP contribution in [0.1, 0.15) is 11.1 Å². The number of H-pyrrole nitrogens is 1. The van der Waals surface area contributed by atoms with Gasteiger partial charge in [-0.3, -0.25) is 9.89 Å². The second kappa shape index (κ2) is 9.36. The molecule has 0 unspecified atom stereocenters. The Labute approximate surface area is 168 Å². The third kappa shape index (κ3) is 5.32. The van der Waals surface area contributed by atoms with Gasteiger partial charge in [0.05, 0.1) is 25.5 Å². The monoisotopic (exact) mass is 391 g/mol. The summed E-state index contributed by atoms with van der Waals surface area (Å²) in [4.78, 5) is 25.0. The summed E-state index contributed by atoms with van der Waals surface area (Å²) in [5, 5.41) is 15.9. The minimum atomic E-state index is -1.17. The molecule has 0 spiro atoms. The van der Waals surface area contributed by atoms with Crippen molar-refractivity contribution in [3.05, 3.63) is 84.1 Å². The van der Waals surface area contributed by atoms with Crippen LogP contribution >= 0.6 is 0 Å². The highest BCUT2D eigenvalue weighted by atomic mass is 16.5. The molecule has 0 saturated carbocycles. The molecule has 0 saturated heterocycles. The van der Waals surface area contributed by atoms with Crippen LogP contribution < -0.4 is 4.74 Å². The van der Waals surface area contributed by atoms with Crippen LogP contribution in [0.4, 0.5) is 0 Å². The van der Waals surface area contributed by atoms with Crippen molar-refractivity contribution < 1.29 is 19.4 Å². The van der Waals surface area contributed by atoms with E-state index in [4.69, 9.17) is 9.84 Å². The lowest BCUT2D eigenvalue weighted by molar-refractivity contribution is -0.132. The molecule has 29 heavy (non-hydrogen) atoms. The third-order valence-electron chi connectivity index (χ3n) is 4.35. The van der Waals surface area contributed by atoms with Crippen LogP contribution in [0.25, 0.3) is 11.3 Å². The summed E-state index contributed by atoms with van der Waals surface area (Å²) in [6, 6.07) is 17.0. The fourth-order valence-electron chi connectivity index (χ4n) is 2.91. The summed E-state index contributed by atoms with van der Waals surface area (Å²) >= 11 is 0. The average Bonchev–Trinajstić information content (AvgIpc) is 3.20. The van der Waals surface area contributed by atoms with E-state index in [1.54, 1.807) is 18.2 Å². The Kier molecular flexibility index (Phi) is 6.42. The van der Waals surface area contributed by atoms with Crippen LogP contribution in [0, 0.1) is 0 Å². The highest BCUT2D eigenvalue weighted by Crippen LogP contribution is 2.25. The maximum Gasteiger partial charge on any atom is 0.328 e. The molecule has 7 nitrogen and oxygen atoms in total. The van der Waals surface area contributed by atoms with Crippen LogP contribution in [0.3, 0.4) is 0 Å². The number of aliphatic carboxylic acids is 1. The summed E-state index contributed by atoms with van der Waals surface area (Å²) in [5.41, 5.74) is 3.47. The second-order valence-corrected chi connectivity index (χ2v) is 6.35. The first-order valence-corrected chi connectivity index (χ1v) is 8.97. The van der Waals surface area contributed by atoms with E-state index in [0.29, 0.717) is 6.54 Å². The molecular formula is C22H21N3O4. The number of methoxy groups -OCH3 is 1. The molecule has 0 aliphatic carbocycles. The van der Waals surface area contributed by atoms with Crippen LogP contribution in [0.15, 0.2) is 72.9 Å². The lowest BCUT2D eigenvalue weighted by Gasteiger charge is -2.21. The van der Waals surface area contributed by atoms with Gasteiger partial charge in [-0.1, -0.05) is 30.3 Å². The Morgan fingerprint density at radius 1 is 1.07 bits per heavy atom. The number of aromatic nitrogens is 2. The zero-order valence-electron chi connectivity index (χ0n) is 15.9. The van der Waals surface area contributed by atoms with Gasteiger partial charge in [-0.15, -0.1) is 0 Å². The number of hydrogen-bond donors (Lipinski definition) is 2. The molecule has 2 aromatic carbocycles. The number of nitrogens with one attached hydrogen (secondary N) is 1. The Morgan fingerprint density at radius 2 is 1.79 bits per heavy atom. The predicted molar refractivity (Wildman–Crippen MR) is 108 cm³/mol. The SMILES string of the molecule is COc1ccc(-c2[nH]ncc2CN(Cc2ccccc2)C(=O)C=CC(=O)O)cc1. The molecule has 0 bridgehead atoms. The van der Waals surface area contributed by atoms with E-state index < -0.39 is 11.9 Å². The van der Waals surface area contributed by atoms with Gasteiger partial charge in [0, 0.05) is 29.8 Å². The maximum absolute atomic E-state index is 12.6. The van der Waals surface area contributed by atoms with Crippen molar-refractivity contribution in [2.45, 2.75) is 13.1 Å². The highest BCUT2D eigenvalue weighted by molar-refractivity contribution is 5.94. The van der Waals surface area contributed by atoms with Gasteiger partial charge in [-0.2, -0.15) is 5.10 Å². The molecule has 0 aliphatic rings. The summed E-state index contributed by atoms with van der Waals surface area (Å²) in [6.07, 6.45) is 3.59. The van der Waals surface area contributed by atoms with Gasteiger partial charge >= 0.3 is 5.97 Å². The molecule has 0 radical (unpaired) electrons. The van der Waals surface area contributed by atoms with E-state index in [1.165, 1.54) is 0 Å². The molecule has 7 heteroatoms. The Morgan fingerprint density at radius 3 is 2.45 bits per heavy atom. The Hall–Kier alpha value is -3.87. The van der Waals surface area contributed by atoms with Gasteiger partial charge in [0.15, 0.2) is 0 Å². The van der Waals surface area contributed by atoms with Gasteiger partial charge in [0.1, 0.15) is 5.75 Å². The number of carbonyl (C=O) groups is 2. The number of carboxylic acid groups (broad SMARTS) is 1. The summed E-state index contributed by atoms with van der Waals surface area (Å²) in [5.74, 6) is -0.812. The molecule has 2 N–H and O–H groups in total. The first-order valence-electron chi connectivity index (χ1n) is 8.97. The van der Waals surface area contributed by atoms with Crippen LogP contribution in [-0.2, 0) is 22.7 Å². The molecule has 1 aromatic heterocycles. The van der Waals surface area contributed by atoms with Crippen molar-refractivity contribution in [1.29, 1.82) is 0 Å². The van der Waals surface area contributed by atoms with E-state index in [2.05, 4.69) is 10.2 Å². The van der Waals surface area contributed by atoms with Gasteiger partial charge < -0.3 is 14.7 Å². The van der Waals surface area contributed by atoms with Crippen LogP contribution in [0.5, 0.6) is 5.75 Å². The van der Waals surface area contributed by atoms with Crippen molar-refractivity contribution in [2.24, 2.45) is 0 Å². The van der Waals surface area contributed by atoms with Crippen LogP contribution in [-0.4, -0.2) is 39.2 Å². The molecule has 0 aliphatic heterocycles. The number of carbonyl (C=O) groups excluding carboxylic acids is 1. The van der Waals surface area contributed by atoms with Crippen molar-refractivity contribution in [1.82, 2.24) is 15.1 Å². The molecule has 0 fully saturated rings. The number of amides is 1. The minimum absolute atomic E-state index is 0.273. The number of rotatable bonds is 8. The molecular weight excluding hydrogens is 370 g/mol. The molecule has 0 atom stereocenters. The largest absolute Gasteiger partial charge is 0.497 e. The normalized spacial score (nSPS) is 10.8. The molecule has 3 aromatic rings. The van der Waals surface area contributed by atoms with E-state index in [1.807, 2.05) is 54.6 Å². The zero-order chi connectivity index (χ0) is 20.6. The van der Waals surface area contributed by atoms with Crippen molar-refractivity contribution >= 4 is 11.9 Å². The summed E-state index contributed by atoms with van der Waals surface area (Å²) < 4.78 is 5.19. The quantitative estimate of drug-likeness (QED) is 0.575. The number of ether oxygens (including phenoxy) is 1. The lowest BCUT2D eigenvalue weighted by atomic mass is 10.1. The lowest BCUT2D eigenvalue weighted by Crippen LogP contribution is -2.28. The van der Waals surface area contributed by atoms with Gasteiger partial charge in [0.2, 0.25) is 5.91 Å². The van der Waals surface area contributed by atoms with E-state index in [0.717, 1.165) is 40.3 Å². The number of carboxylic acids is 1. The minimum Gasteiger partial charge on any atom is -0.497 e. The number of benzene rings is 2. The van der Waals surface area contributed by atoms with Crippen LogP contribution in [0.2, 0.25) is 0 Å². The predicted octanol–water partition coefficient (Wildman–Crippen LogP) is 3.25. The van der Waals surface area contributed by atoms with Gasteiger partial charge in [-0.25, -0.2) is 4.79 Å². The Bertz CT molecular complexity index is 994. The highest BCUT2D eigenvalue weighted by Gasteiger charge is 2.17. The average molecular weight is 391 g/mol. The Balaban J connectivity index is 1.86. The zero-order valence-corrected chi connectivity index (χ0v) is 15.9. The maximum atomic E-state index is 12.6. The number of aromatic amines is 1.